The minimum atomic E-state index is -0.258. The van der Waals surface area contributed by atoms with E-state index in [4.69, 9.17) is 26.8 Å². The number of benzene rings is 2. The van der Waals surface area contributed by atoms with E-state index in [0.29, 0.717) is 45.8 Å². The molecule has 1 saturated carbocycles. The number of halogens is 1. The molecule has 1 fully saturated rings. The van der Waals surface area contributed by atoms with Gasteiger partial charge in [-0.1, -0.05) is 11.6 Å². The maximum Gasteiger partial charge on any atom is 0.253 e. The smallest absolute Gasteiger partial charge is 0.253 e. The van der Waals surface area contributed by atoms with Gasteiger partial charge < -0.3 is 25.8 Å². The van der Waals surface area contributed by atoms with Gasteiger partial charge >= 0.3 is 0 Å². The number of nitrogen functional groups attached to an aromatic ring is 1. The van der Waals surface area contributed by atoms with E-state index in [1.807, 2.05) is 0 Å². The van der Waals surface area contributed by atoms with Gasteiger partial charge in [-0.2, -0.15) is 0 Å². The Balaban J connectivity index is 1.69. The molecule has 0 atom stereocenters. The fraction of sp³-hybridized carbons (Fsp3) is 0.190. The van der Waals surface area contributed by atoms with Crippen molar-refractivity contribution in [3.63, 3.8) is 0 Å². The van der Waals surface area contributed by atoms with E-state index in [1.54, 1.807) is 36.5 Å². The molecular weight excluding hydrogens is 408 g/mol. The van der Waals surface area contributed by atoms with Gasteiger partial charge in [0.05, 0.1) is 34.6 Å². The molecular formula is C21H19ClN4O4. The molecule has 1 aliphatic carbocycles. The monoisotopic (exact) mass is 426 g/mol. The highest BCUT2D eigenvalue weighted by atomic mass is 35.5. The van der Waals surface area contributed by atoms with Crippen LogP contribution in [0.4, 0.5) is 11.4 Å². The lowest BCUT2D eigenvalue weighted by Crippen LogP contribution is -2.25. The number of rotatable bonds is 7. The van der Waals surface area contributed by atoms with Gasteiger partial charge in [0.25, 0.3) is 5.91 Å². The fourth-order valence-electron chi connectivity index (χ4n) is 3.03. The fourth-order valence-corrected chi connectivity index (χ4v) is 3.27. The summed E-state index contributed by atoms with van der Waals surface area (Å²) in [6.07, 6.45) is 4.09. The summed E-state index contributed by atoms with van der Waals surface area (Å²) >= 11 is 6.34. The molecule has 0 bridgehead atoms. The molecule has 0 spiro atoms. The Morgan fingerprint density at radius 2 is 2.03 bits per heavy atom. The van der Waals surface area contributed by atoms with Crippen LogP contribution in [0.25, 0.3) is 10.9 Å². The summed E-state index contributed by atoms with van der Waals surface area (Å²) in [5.74, 6) is 0.963. The maximum atomic E-state index is 12.3. The molecule has 4 rings (SSSR count). The number of nitrogens with one attached hydrogen (secondary N) is 2. The maximum absolute atomic E-state index is 12.3. The van der Waals surface area contributed by atoms with Crippen LogP contribution in [-0.4, -0.2) is 30.5 Å². The second-order valence-electron chi connectivity index (χ2n) is 6.83. The van der Waals surface area contributed by atoms with E-state index >= 15 is 0 Å². The van der Waals surface area contributed by atoms with Crippen LogP contribution in [0.3, 0.4) is 0 Å². The Kier molecular flexibility index (Phi) is 5.33. The lowest BCUT2D eigenvalue weighted by Gasteiger charge is -2.15. The van der Waals surface area contributed by atoms with Crippen LogP contribution in [0.15, 0.2) is 36.5 Å². The number of hydrogen-bond acceptors (Lipinski definition) is 6. The Morgan fingerprint density at radius 1 is 1.23 bits per heavy atom. The lowest BCUT2D eigenvalue weighted by atomic mass is 10.1. The Morgan fingerprint density at radius 3 is 2.73 bits per heavy atom. The third-order valence-corrected chi connectivity index (χ3v) is 5.16. The molecule has 1 heterocycles. The quantitative estimate of drug-likeness (QED) is 0.391. The van der Waals surface area contributed by atoms with Gasteiger partial charge in [0.1, 0.15) is 11.5 Å². The number of methoxy groups -OCH3 is 1. The highest BCUT2D eigenvalue weighted by molar-refractivity contribution is 6.36. The normalized spacial score (nSPS) is 13.0. The summed E-state index contributed by atoms with van der Waals surface area (Å²) in [6.45, 7) is 0. The standard InChI is InChI=1S/C21H19ClN4O4/c1-29-18-9-14-13(8-15(18)25-10-27)16(6-7-24-14)30-17-5-4-12(19(22)20(17)23)21(28)26-11-2-3-11/h4-11H,2-3,23H2,1H3,(H,25,27)(H,26,28). The number of nitrogens with zero attached hydrogens (tertiary/aromatic N) is 1. The molecule has 9 heteroatoms. The minimum absolute atomic E-state index is 0.133. The van der Waals surface area contributed by atoms with E-state index in [9.17, 15) is 9.59 Å². The van der Waals surface area contributed by atoms with Crippen molar-refractivity contribution in [1.29, 1.82) is 0 Å². The predicted octanol–water partition coefficient (Wildman–Crippen LogP) is 3.73. The number of carbonyl (C=O) groups is 2. The van der Waals surface area contributed by atoms with Crippen molar-refractivity contribution in [2.45, 2.75) is 18.9 Å². The molecule has 0 unspecified atom stereocenters. The van der Waals surface area contributed by atoms with Crippen LogP contribution in [0, 0.1) is 0 Å². The number of aromatic nitrogens is 1. The summed E-state index contributed by atoms with van der Waals surface area (Å²) < 4.78 is 11.3. The van der Waals surface area contributed by atoms with Crippen LogP contribution in [0.1, 0.15) is 23.2 Å². The second-order valence-corrected chi connectivity index (χ2v) is 7.21. The van der Waals surface area contributed by atoms with E-state index in [2.05, 4.69) is 15.6 Å². The average Bonchev–Trinajstić information content (AvgIpc) is 3.55. The molecule has 30 heavy (non-hydrogen) atoms. The molecule has 0 aliphatic heterocycles. The van der Waals surface area contributed by atoms with Gasteiger partial charge in [-0.25, -0.2) is 0 Å². The SMILES string of the molecule is COc1cc2nccc(Oc3ccc(C(=O)NC4CC4)c(Cl)c3N)c2cc1NC=O. The summed E-state index contributed by atoms with van der Waals surface area (Å²) in [6, 6.07) is 8.44. The van der Waals surface area contributed by atoms with Crippen LogP contribution >= 0.6 is 11.6 Å². The topological polar surface area (TPSA) is 116 Å². The molecule has 1 aliphatic rings. The molecule has 2 amide bonds. The second kappa shape index (κ2) is 8.08. The molecule has 0 radical (unpaired) electrons. The van der Waals surface area contributed by atoms with Crippen LogP contribution in [0.2, 0.25) is 5.02 Å². The van der Waals surface area contributed by atoms with Crippen molar-refractivity contribution in [2.24, 2.45) is 0 Å². The van der Waals surface area contributed by atoms with Crippen molar-refractivity contribution in [3.05, 3.63) is 47.1 Å². The third-order valence-electron chi connectivity index (χ3n) is 4.75. The van der Waals surface area contributed by atoms with Crippen LogP contribution < -0.4 is 25.8 Å². The van der Waals surface area contributed by atoms with Crippen molar-refractivity contribution in [1.82, 2.24) is 10.3 Å². The summed E-state index contributed by atoms with van der Waals surface area (Å²) in [5, 5.41) is 6.24. The number of pyridine rings is 1. The zero-order valence-corrected chi connectivity index (χ0v) is 16.8. The first-order chi connectivity index (χ1) is 14.5. The van der Waals surface area contributed by atoms with E-state index in [-0.39, 0.29) is 22.7 Å². The van der Waals surface area contributed by atoms with Gasteiger partial charge in [0.2, 0.25) is 6.41 Å². The van der Waals surface area contributed by atoms with Gasteiger partial charge in [-0.15, -0.1) is 0 Å². The minimum Gasteiger partial charge on any atom is -0.494 e. The zero-order chi connectivity index (χ0) is 21.3. The van der Waals surface area contributed by atoms with Gasteiger partial charge in [-0.05, 0) is 37.1 Å². The number of hydrogen-bond donors (Lipinski definition) is 3. The van der Waals surface area contributed by atoms with Crippen LogP contribution in [-0.2, 0) is 4.79 Å². The van der Waals surface area contributed by atoms with Gasteiger partial charge in [-0.3, -0.25) is 14.6 Å². The summed E-state index contributed by atoms with van der Waals surface area (Å²) in [5.41, 5.74) is 7.68. The largest absolute Gasteiger partial charge is 0.494 e. The molecule has 0 saturated heterocycles. The Hall–Kier alpha value is -3.52. The number of anilines is 2. The van der Waals surface area contributed by atoms with Crippen molar-refractivity contribution in [3.8, 4) is 17.2 Å². The first kappa shape index (κ1) is 19.8. The highest BCUT2D eigenvalue weighted by Gasteiger charge is 2.25. The number of nitrogens with two attached hydrogens (primary N) is 1. The third kappa shape index (κ3) is 3.81. The molecule has 1 aromatic heterocycles. The first-order valence-electron chi connectivity index (χ1n) is 9.25. The molecule has 4 N–H and O–H groups in total. The number of amides is 2. The summed E-state index contributed by atoms with van der Waals surface area (Å²) in [7, 11) is 1.50. The van der Waals surface area contributed by atoms with Crippen molar-refractivity contribution in [2.75, 3.05) is 18.2 Å². The zero-order valence-electron chi connectivity index (χ0n) is 16.1. The van der Waals surface area contributed by atoms with E-state index < -0.39 is 0 Å². The summed E-state index contributed by atoms with van der Waals surface area (Å²) in [4.78, 5) is 27.6. The molecule has 8 nitrogen and oxygen atoms in total. The Bertz CT molecular complexity index is 1150. The van der Waals surface area contributed by atoms with Crippen LogP contribution in [0.5, 0.6) is 17.2 Å². The molecule has 2 aromatic carbocycles. The number of ether oxygens (including phenoxy) is 2. The van der Waals surface area contributed by atoms with Gasteiger partial charge in [0, 0.05) is 23.7 Å². The average molecular weight is 427 g/mol. The number of carbonyl (C=O) groups excluding carboxylic acids is 2. The Labute approximate surface area is 177 Å². The molecule has 154 valence electrons. The lowest BCUT2D eigenvalue weighted by molar-refractivity contribution is -0.105. The van der Waals surface area contributed by atoms with E-state index in [1.165, 1.54) is 7.11 Å². The van der Waals surface area contributed by atoms with E-state index in [0.717, 1.165) is 12.8 Å². The van der Waals surface area contributed by atoms with Crippen molar-refractivity contribution < 1.29 is 19.1 Å². The number of fused-ring (bicyclic) bond motifs is 1. The highest BCUT2D eigenvalue weighted by Crippen LogP contribution is 2.39. The first-order valence-corrected chi connectivity index (χ1v) is 9.63. The van der Waals surface area contributed by atoms with Gasteiger partial charge in [0.15, 0.2) is 5.75 Å². The predicted molar refractivity (Wildman–Crippen MR) is 114 cm³/mol. The molecule has 3 aromatic rings. The van der Waals surface area contributed by atoms with Crippen molar-refractivity contribution >= 4 is 46.2 Å².